The Morgan fingerprint density at radius 1 is 1.15 bits per heavy atom. The van der Waals surface area contributed by atoms with Gasteiger partial charge in [-0.2, -0.15) is 0 Å². The van der Waals surface area contributed by atoms with Gasteiger partial charge in [-0.3, -0.25) is 0 Å². The van der Waals surface area contributed by atoms with E-state index in [0.29, 0.717) is 6.04 Å². The minimum absolute atomic E-state index is 0.458. The predicted octanol–water partition coefficient (Wildman–Crippen LogP) is 3.56. The van der Waals surface area contributed by atoms with Crippen molar-refractivity contribution < 1.29 is 0 Å². The number of hydrogen-bond acceptors (Lipinski definition) is 3. The van der Waals surface area contributed by atoms with Crippen LogP contribution in [0.5, 0.6) is 0 Å². The molecule has 0 radical (unpaired) electrons. The lowest BCUT2D eigenvalue weighted by Gasteiger charge is -2.22. The van der Waals surface area contributed by atoms with Crippen molar-refractivity contribution in [2.75, 3.05) is 23.8 Å². The molecule has 0 aliphatic carbocycles. The van der Waals surface area contributed by atoms with Crippen LogP contribution in [0.3, 0.4) is 0 Å². The summed E-state index contributed by atoms with van der Waals surface area (Å²) < 4.78 is 0. The monoisotopic (exact) mass is 267 g/mol. The van der Waals surface area contributed by atoms with E-state index in [1.54, 1.807) is 0 Å². The molecule has 0 saturated carbocycles. The van der Waals surface area contributed by atoms with Gasteiger partial charge in [0.15, 0.2) is 0 Å². The van der Waals surface area contributed by atoms with Crippen molar-refractivity contribution in [2.24, 2.45) is 0 Å². The second kappa shape index (κ2) is 5.16. The third-order valence-electron chi connectivity index (χ3n) is 4.03. The number of anilines is 2. The van der Waals surface area contributed by atoms with E-state index in [-0.39, 0.29) is 0 Å². The van der Waals surface area contributed by atoms with E-state index in [9.17, 15) is 0 Å². The number of hydrogen-bond donors (Lipinski definition) is 1. The van der Waals surface area contributed by atoms with E-state index in [1.165, 1.54) is 22.4 Å². The first-order valence-electron chi connectivity index (χ1n) is 7.21. The normalized spacial score (nSPS) is 13.2. The summed E-state index contributed by atoms with van der Waals surface area (Å²) in [6.07, 6.45) is 3.09. The number of aromatic nitrogens is 1. The van der Waals surface area contributed by atoms with E-state index in [4.69, 9.17) is 0 Å². The zero-order valence-corrected chi connectivity index (χ0v) is 12.4. The zero-order valence-electron chi connectivity index (χ0n) is 12.4. The van der Waals surface area contributed by atoms with Gasteiger partial charge in [0.1, 0.15) is 5.82 Å². The molecule has 0 bridgehead atoms. The highest BCUT2D eigenvalue weighted by Gasteiger charge is 2.11. The Labute approximate surface area is 120 Å². The lowest BCUT2D eigenvalue weighted by Crippen LogP contribution is -2.26. The van der Waals surface area contributed by atoms with E-state index in [1.807, 2.05) is 6.20 Å². The first-order chi connectivity index (χ1) is 9.65. The number of nitrogens with one attached hydrogen (secondary N) is 1. The lowest BCUT2D eigenvalue weighted by molar-refractivity contribution is 0.743. The fourth-order valence-corrected chi connectivity index (χ4v) is 2.51. The Hall–Kier alpha value is -2.03. The van der Waals surface area contributed by atoms with Crippen LogP contribution in [-0.4, -0.2) is 24.6 Å². The molecule has 2 heterocycles. The molecule has 1 aromatic carbocycles. The number of nitrogens with zero attached hydrogens (tertiary/aromatic N) is 2. The van der Waals surface area contributed by atoms with Crippen LogP contribution >= 0.6 is 0 Å². The quantitative estimate of drug-likeness (QED) is 0.921. The molecule has 3 heteroatoms. The average Bonchev–Trinajstić information content (AvgIpc) is 2.94. The van der Waals surface area contributed by atoms with Gasteiger partial charge in [-0.05, 0) is 55.7 Å². The maximum Gasteiger partial charge on any atom is 0.128 e. The van der Waals surface area contributed by atoms with Gasteiger partial charge >= 0.3 is 0 Å². The molecule has 0 unspecified atom stereocenters. The summed E-state index contributed by atoms with van der Waals surface area (Å²) >= 11 is 0. The molecule has 3 nitrogen and oxygen atoms in total. The van der Waals surface area contributed by atoms with Crippen molar-refractivity contribution in [3.63, 3.8) is 0 Å². The second-order valence-corrected chi connectivity index (χ2v) is 5.66. The molecule has 1 aliphatic heterocycles. The van der Waals surface area contributed by atoms with Gasteiger partial charge in [-0.25, -0.2) is 4.98 Å². The summed E-state index contributed by atoms with van der Waals surface area (Å²) in [5.41, 5.74) is 5.11. The molecule has 0 fully saturated rings. The topological polar surface area (TPSA) is 28.2 Å². The van der Waals surface area contributed by atoms with Crippen molar-refractivity contribution in [3.05, 3.63) is 42.1 Å². The zero-order chi connectivity index (χ0) is 14.1. The highest BCUT2D eigenvalue weighted by atomic mass is 15.2. The molecular weight excluding hydrogens is 246 g/mol. The number of fused-ring (bicyclic) bond motifs is 1. The van der Waals surface area contributed by atoms with E-state index in [0.717, 1.165) is 18.8 Å². The summed E-state index contributed by atoms with van der Waals surface area (Å²) in [5.74, 6) is 1.02. The molecule has 0 atom stereocenters. The molecular formula is C17H21N3. The summed E-state index contributed by atoms with van der Waals surface area (Å²) in [5, 5.41) is 3.39. The maximum atomic E-state index is 4.58. The van der Waals surface area contributed by atoms with Gasteiger partial charge in [0.05, 0.1) is 0 Å². The average molecular weight is 267 g/mol. The van der Waals surface area contributed by atoms with Gasteiger partial charge in [0.2, 0.25) is 0 Å². The van der Waals surface area contributed by atoms with E-state index in [2.05, 4.69) is 66.4 Å². The number of pyridine rings is 1. The maximum absolute atomic E-state index is 4.58. The van der Waals surface area contributed by atoms with Crippen molar-refractivity contribution in [1.82, 2.24) is 4.98 Å². The molecule has 3 rings (SSSR count). The van der Waals surface area contributed by atoms with Crippen LogP contribution in [0.2, 0.25) is 0 Å². The van der Waals surface area contributed by atoms with Crippen molar-refractivity contribution in [3.8, 4) is 11.1 Å². The molecule has 1 aliphatic rings. The van der Waals surface area contributed by atoms with E-state index < -0.39 is 0 Å². The van der Waals surface area contributed by atoms with Crippen LogP contribution in [0.15, 0.2) is 36.5 Å². The van der Waals surface area contributed by atoms with Gasteiger partial charge in [0, 0.05) is 37.1 Å². The van der Waals surface area contributed by atoms with Gasteiger partial charge in [-0.1, -0.05) is 6.07 Å². The summed E-state index contributed by atoms with van der Waals surface area (Å²) in [6, 6.07) is 11.3. The standard InChI is InChI=1S/C17H21N3/c1-12(2)20(3)17-7-5-15(11-19-17)13-4-6-16-14(10-13)8-9-18-16/h4-7,10-12,18H,8-9H2,1-3H3. The smallest absolute Gasteiger partial charge is 0.128 e. The molecule has 1 N–H and O–H groups in total. The fourth-order valence-electron chi connectivity index (χ4n) is 2.51. The number of rotatable bonds is 3. The molecule has 104 valence electrons. The highest BCUT2D eigenvalue weighted by Crippen LogP contribution is 2.28. The Kier molecular flexibility index (Phi) is 3.35. The van der Waals surface area contributed by atoms with Crippen molar-refractivity contribution >= 4 is 11.5 Å². The Balaban J connectivity index is 1.88. The Morgan fingerprint density at radius 2 is 1.95 bits per heavy atom. The Bertz CT molecular complexity index is 602. The minimum Gasteiger partial charge on any atom is -0.384 e. The number of benzene rings is 1. The van der Waals surface area contributed by atoms with Gasteiger partial charge in [0.25, 0.3) is 0 Å². The summed E-state index contributed by atoms with van der Waals surface area (Å²) in [6.45, 7) is 5.39. The van der Waals surface area contributed by atoms with Gasteiger partial charge in [-0.15, -0.1) is 0 Å². The minimum atomic E-state index is 0.458. The molecule has 1 aromatic heterocycles. The van der Waals surface area contributed by atoms with Gasteiger partial charge < -0.3 is 10.2 Å². The van der Waals surface area contributed by atoms with Crippen LogP contribution < -0.4 is 10.2 Å². The first-order valence-corrected chi connectivity index (χ1v) is 7.21. The third-order valence-corrected chi connectivity index (χ3v) is 4.03. The summed E-state index contributed by atoms with van der Waals surface area (Å²) in [4.78, 5) is 6.76. The largest absolute Gasteiger partial charge is 0.384 e. The SMILES string of the molecule is CC(C)N(C)c1ccc(-c2ccc3c(c2)CCN3)cn1. The van der Waals surface area contributed by atoms with E-state index >= 15 is 0 Å². The van der Waals surface area contributed by atoms with Crippen LogP contribution in [-0.2, 0) is 6.42 Å². The first kappa shape index (κ1) is 13.0. The van der Waals surface area contributed by atoms with Crippen LogP contribution in [0.4, 0.5) is 11.5 Å². The predicted molar refractivity (Wildman–Crippen MR) is 85.4 cm³/mol. The Morgan fingerprint density at radius 3 is 2.65 bits per heavy atom. The molecule has 2 aromatic rings. The fraction of sp³-hybridized carbons (Fsp3) is 0.353. The lowest BCUT2D eigenvalue weighted by atomic mass is 10.0. The highest BCUT2D eigenvalue weighted by molar-refractivity contribution is 5.70. The molecule has 0 spiro atoms. The van der Waals surface area contributed by atoms with Crippen LogP contribution in [0, 0.1) is 0 Å². The third kappa shape index (κ3) is 2.36. The van der Waals surface area contributed by atoms with Crippen molar-refractivity contribution in [2.45, 2.75) is 26.3 Å². The molecule has 0 amide bonds. The molecule has 20 heavy (non-hydrogen) atoms. The van der Waals surface area contributed by atoms with Crippen LogP contribution in [0.1, 0.15) is 19.4 Å². The van der Waals surface area contributed by atoms with Crippen LogP contribution in [0.25, 0.3) is 11.1 Å². The molecule has 0 saturated heterocycles. The second-order valence-electron chi connectivity index (χ2n) is 5.66. The van der Waals surface area contributed by atoms with Crippen molar-refractivity contribution in [1.29, 1.82) is 0 Å². The summed E-state index contributed by atoms with van der Waals surface area (Å²) in [7, 11) is 2.08.